The number of allylic oxidation sites excluding steroid dienone is 2. The van der Waals surface area contributed by atoms with Gasteiger partial charge in [0.05, 0.1) is 7.14 Å². The fourth-order valence-corrected chi connectivity index (χ4v) is 3.99. The predicted octanol–water partition coefficient (Wildman–Crippen LogP) is 2.33. The summed E-state index contributed by atoms with van der Waals surface area (Å²) in [5.41, 5.74) is 2.70. The van der Waals surface area contributed by atoms with Crippen molar-refractivity contribution < 1.29 is 4.57 Å². The second-order valence-electron chi connectivity index (χ2n) is 3.17. The normalized spacial score (nSPS) is 25.2. The topological polar surface area (TPSA) is 17.1 Å². The van der Waals surface area contributed by atoms with Crippen LogP contribution in [-0.4, -0.2) is 19.0 Å². The predicted molar refractivity (Wildman–Crippen MR) is 41.6 cm³/mol. The van der Waals surface area contributed by atoms with E-state index < -0.39 is 7.14 Å². The van der Waals surface area contributed by atoms with Crippen molar-refractivity contribution in [1.29, 1.82) is 0 Å². The molecule has 0 atom stereocenters. The van der Waals surface area contributed by atoms with E-state index >= 15 is 0 Å². The number of rotatable bonds is 0. The Morgan fingerprint density at radius 3 is 1.67 bits per heavy atom. The summed E-state index contributed by atoms with van der Waals surface area (Å²) < 4.78 is 11.4. The van der Waals surface area contributed by atoms with Crippen molar-refractivity contribution >= 4 is 7.14 Å². The first-order valence-electron chi connectivity index (χ1n) is 3.22. The Balaban J connectivity index is 2.82. The minimum atomic E-state index is -1.73. The molecule has 1 aliphatic heterocycles. The van der Waals surface area contributed by atoms with Gasteiger partial charge in [0.15, 0.2) is 0 Å². The minimum Gasteiger partial charge on any atom is -0.323 e. The molecule has 52 valence electrons. The Labute approximate surface area is 56.5 Å². The highest BCUT2D eigenvalue weighted by atomic mass is 31.2. The Bertz CT molecular complexity index is 185. The van der Waals surface area contributed by atoms with Crippen LogP contribution in [0.4, 0.5) is 0 Å². The Morgan fingerprint density at radius 2 is 1.56 bits per heavy atom. The van der Waals surface area contributed by atoms with Gasteiger partial charge in [-0.3, -0.25) is 0 Å². The van der Waals surface area contributed by atoms with Crippen LogP contribution in [-0.2, 0) is 4.57 Å². The van der Waals surface area contributed by atoms with Crippen LogP contribution in [0.25, 0.3) is 0 Å². The largest absolute Gasteiger partial charge is 0.323 e. The van der Waals surface area contributed by atoms with E-state index in [1.807, 2.05) is 6.66 Å². The molecule has 1 nitrogen and oxygen atoms in total. The minimum absolute atomic E-state index is 0.860. The van der Waals surface area contributed by atoms with Crippen LogP contribution < -0.4 is 0 Å². The zero-order chi connectivity index (χ0) is 7.07. The Kier molecular flexibility index (Phi) is 1.56. The molecule has 0 radical (unpaired) electrons. The maximum atomic E-state index is 11.4. The van der Waals surface area contributed by atoms with Crippen LogP contribution in [0, 0.1) is 0 Å². The third-order valence-electron chi connectivity index (χ3n) is 1.87. The molecule has 0 aliphatic carbocycles. The fourth-order valence-electron chi connectivity index (χ4n) is 1.33. The zero-order valence-corrected chi connectivity index (χ0v) is 7.16. The monoisotopic (exact) mass is 144 g/mol. The lowest BCUT2D eigenvalue weighted by atomic mass is 10.2. The van der Waals surface area contributed by atoms with E-state index in [2.05, 4.69) is 13.8 Å². The van der Waals surface area contributed by atoms with Gasteiger partial charge in [-0.25, -0.2) is 0 Å². The van der Waals surface area contributed by atoms with Crippen molar-refractivity contribution in [3.05, 3.63) is 11.1 Å². The third kappa shape index (κ3) is 1.46. The SMILES string of the molecule is CC1=C(C)CP(C)(=O)C1. The van der Waals surface area contributed by atoms with E-state index in [1.165, 1.54) is 11.1 Å². The quantitative estimate of drug-likeness (QED) is 0.376. The van der Waals surface area contributed by atoms with Gasteiger partial charge in [0.1, 0.15) is 0 Å². The van der Waals surface area contributed by atoms with Crippen LogP contribution in [0.15, 0.2) is 11.1 Å². The molecular weight excluding hydrogens is 131 g/mol. The van der Waals surface area contributed by atoms with Crippen molar-refractivity contribution in [2.75, 3.05) is 19.0 Å². The maximum absolute atomic E-state index is 11.4. The molecule has 1 rings (SSSR count). The lowest BCUT2D eigenvalue weighted by Crippen LogP contribution is -1.81. The molecule has 0 saturated carbocycles. The van der Waals surface area contributed by atoms with Gasteiger partial charge >= 0.3 is 0 Å². The third-order valence-corrected chi connectivity index (χ3v) is 4.16. The summed E-state index contributed by atoms with van der Waals surface area (Å²) in [6.07, 6.45) is 1.72. The molecule has 0 spiro atoms. The zero-order valence-electron chi connectivity index (χ0n) is 6.27. The van der Waals surface area contributed by atoms with Crippen LogP contribution in [0.1, 0.15) is 13.8 Å². The van der Waals surface area contributed by atoms with Crippen molar-refractivity contribution in [3.63, 3.8) is 0 Å². The molecule has 1 heterocycles. The van der Waals surface area contributed by atoms with Gasteiger partial charge in [0, 0.05) is 12.3 Å². The lowest BCUT2D eigenvalue weighted by Gasteiger charge is -2.00. The summed E-state index contributed by atoms with van der Waals surface area (Å²) in [6.45, 7) is 6.06. The van der Waals surface area contributed by atoms with Crippen molar-refractivity contribution in [2.45, 2.75) is 13.8 Å². The van der Waals surface area contributed by atoms with E-state index in [4.69, 9.17) is 0 Å². The Hall–Kier alpha value is -0.0300. The first kappa shape index (κ1) is 7.08. The molecule has 9 heavy (non-hydrogen) atoms. The smallest absolute Gasteiger partial charge is 0.0925 e. The van der Waals surface area contributed by atoms with Gasteiger partial charge in [-0.1, -0.05) is 11.1 Å². The molecule has 1 aliphatic rings. The van der Waals surface area contributed by atoms with Crippen molar-refractivity contribution in [1.82, 2.24) is 0 Å². The number of hydrogen-bond donors (Lipinski definition) is 0. The highest BCUT2D eigenvalue weighted by molar-refractivity contribution is 7.64. The summed E-state index contributed by atoms with van der Waals surface area (Å²) in [4.78, 5) is 0. The molecule has 0 unspecified atom stereocenters. The van der Waals surface area contributed by atoms with Gasteiger partial charge in [0.25, 0.3) is 0 Å². The summed E-state index contributed by atoms with van der Waals surface area (Å²) in [5.74, 6) is 0. The molecular formula is C7H13OP. The lowest BCUT2D eigenvalue weighted by molar-refractivity contribution is 0.583. The van der Waals surface area contributed by atoms with E-state index in [1.54, 1.807) is 0 Å². The molecule has 0 bridgehead atoms. The second-order valence-corrected chi connectivity index (χ2v) is 6.40. The molecule has 0 fully saturated rings. The standard InChI is InChI=1S/C7H13OP/c1-6-4-9(3,8)5-7(6)2/h4-5H2,1-3H3. The van der Waals surface area contributed by atoms with E-state index in [0.29, 0.717) is 0 Å². The highest BCUT2D eigenvalue weighted by Crippen LogP contribution is 2.50. The molecule has 0 aromatic heterocycles. The van der Waals surface area contributed by atoms with Gasteiger partial charge < -0.3 is 4.57 Å². The van der Waals surface area contributed by atoms with Gasteiger partial charge in [0.2, 0.25) is 0 Å². The number of hydrogen-bond acceptors (Lipinski definition) is 1. The molecule has 0 amide bonds. The summed E-state index contributed by atoms with van der Waals surface area (Å²) in [7, 11) is -1.73. The first-order valence-corrected chi connectivity index (χ1v) is 5.74. The maximum Gasteiger partial charge on any atom is 0.0925 e. The molecule has 2 heteroatoms. The first-order chi connectivity index (χ1) is 4.01. The second kappa shape index (κ2) is 1.98. The average molecular weight is 144 g/mol. The highest BCUT2D eigenvalue weighted by Gasteiger charge is 2.23. The summed E-state index contributed by atoms with van der Waals surface area (Å²) >= 11 is 0. The average Bonchev–Trinajstić information content (AvgIpc) is 1.79. The molecule has 0 aromatic carbocycles. The van der Waals surface area contributed by atoms with Crippen LogP contribution >= 0.6 is 7.14 Å². The van der Waals surface area contributed by atoms with Crippen molar-refractivity contribution in [2.24, 2.45) is 0 Å². The summed E-state index contributed by atoms with van der Waals surface area (Å²) in [6, 6.07) is 0. The van der Waals surface area contributed by atoms with Crippen LogP contribution in [0.2, 0.25) is 0 Å². The molecule has 0 saturated heterocycles. The van der Waals surface area contributed by atoms with Gasteiger partial charge in [-0.2, -0.15) is 0 Å². The molecule has 0 aromatic rings. The van der Waals surface area contributed by atoms with E-state index in [9.17, 15) is 4.57 Å². The Morgan fingerprint density at radius 1 is 1.22 bits per heavy atom. The van der Waals surface area contributed by atoms with Crippen LogP contribution in [0.3, 0.4) is 0 Å². The van der Waals surface area contributed by atoms with Crippen molar-refractivity contribution in [3.8, 4) is 0 Å². The van der Waals surface area contributed by atoms with Gasteiger partial charge in [-0.05, 0) is 20.5 Å². The molecule has 0 N–H and O–H groups in total. The van der Waals surface area contributed by atoms with Crippen LogP contribution in [0.5, 0.6) is 0 Å². The summed E-state index contributed by atoms with van der Waals surface area (Å²) in [5, 5.41) is 0. The van der Waals surface area contributed by atoms with E-state index in [-0.39, 0.29) is 0 Å². The van der Waals surface area contributed by atoms with E-state index in [0.717, 1.165) is 12.3 Å². The fraction of sp³-hybridized carbons (Fsp3) is 0.714. The van der Waals surface area contributed by atoms with Gasteiger partial charge in [-0.15, -0.1) is 0 Å².